The van der Waals surface area contributed by atoms with Crippen LogP contribution in [0.3, 0.4) is 0 Å². The van der Waals surface area contributed by atoms with Gasteiger partial charge in [0, 0.05) is 18.8 Å². The summed E-state index contributed by atoms with van der Waals surface area (Å²) in [5.41, 5.74) is 1.13. The Morgan fingerprint density at radius 2 is 2.00 bits per heavy atom. The fourth-order valence-corrected chi connectivity index (χ4v) is 2.73. The van der Waals surface area contributed by atoms with Crippen LogP contribution in [0.1, 0.15) is 31.4 Å². The molecule has 1 aliphatic heterocycles. The molecule has 3 rings (SSSR count). The number of anilines is 1. The van der Waals surface area contributed by atoms with Crippen molar-refractivity contribution in [2.45, 2.75) is 45.2 Å². The highest BCUT2D eigenvalue weighted by molar-refractivity contribution is 5.32. The number of imidazole rings is 1. The highest BCUT2D eigenvalue weighted by atomic mass is 15.2. The van der Waals surface area contributed by atoms with E-state index in [1.807, 2.05) is 0 Å². The zero-order valence-electron chi connectivity index (χ0n) is 11.5. The number of piperidine rings is 1. The van der Waals surface area contributed by atoms with Crippen LogP contribution in [-0.4, -0.2) is 40.6 Å². The number of rotatable bonds is 4. The van der Waals surface area contributed by atoms with Crippen LogP contribution < -0.4 is 5.32 Å². The number of hydrogen-bond acceptors (Lipinski definition) is 3. The standard InChI is InChI=1S/C14H24N4/c1-11-9-18(14(15-11)16-13-3-4-13)10-12-5-7-17(2)8-6-12/h9,12-13H,3-8,10H2,1-2H3,(H,15,16). The Morgan fingerprint density at radius 1 is 1.28 bits per heavy atom. The molecule has 0 aromatic carbocycles. The van der Waals surface area contributed by atoms with Crippen molar-refractivity contribution in [3.63, 3.8) is 0 Å². The van der Waals surface area contributed by atoms with E-state index < -0.39 is 0 Å². The van der Waals surface area contributed by atoms with Gasteiger partial charge in [0.15, 0.2) is 0 Å². The molecule has 0 atom stereocenters. The predicted molar refractivity (Wildman–Crippen MR) is 73.8 cm³/mol. The smallest absolute Gasteiger partial charge is 0.203 e. The average Bonchev–Trinajstić information content (AvgIpc) is 3.08. The summed E-state index contributed by atoms with van der Waals surface area (Å²) in [4.78, 5) is 7.04. The highest BCUT2D eigenvalue weighted by Gasteiger charge is 2.24. The molecule has 2 aliphatic rings. The van der Waals surface area contributed by atoms with Crippen LogP contribution in [-0.2, 0) is 6.54 Å². The first-order valence-electron chi connectivity index (χ1n) is 7.19. The maximum atomic E-state index is 4.61. The molecule has 1 N–H and O–H groups in total. The fourth-order valence-electron chi connectivity index (χ4n) is 2.73. The van der Waals surface area contributed by atoms with Crippen LogP contribution >= 0.6 is 0 Å². The molecule has 0 bridgehead atoms. The van der Waals surface area contributed by atoms with Gasteiger partial charge in [-0.05, 0) is 58.7 Å². The highest BCUT2D eigenvalue weighted by Crippen LogP contribution is 2.26. The first-order valence-corrected chi connectivity index (χ1v) is 7.19. The van der Waals surface area contributed by atoms with Gasteiger partial charge in [-0.25, -0.2) is 4.98 Å². The second kappa shape index (κ2) is 4.92. The quantitative estimate of drug-likeness (QED) is 0.886. The molecule has 4 heteroatoms. The summed E-state index contributed by atoms with van der Waals surface area (Å²) in [5, 5.41) is 3.55. The van der Waals surface area contributed by atoms with Gasteiger partial charge in [0.25, 0.3) is 0 Å². The van der Waals surface area contributed by atoms with E-state index in [1.165, 1.54) is 38.8 Å². The third-order valence-electron chi connectivity index (χ3n) is 4.10. The van der Waals surface area contributed by atoms with Gasteiger partial charge in [-0.15, -0.1) is 0 Å². The van der Waals surface area contributed by atoms with Crippen LogP contribution in [0.25, 0.3) is 0 Å². The molecule has 2 fully saturated rings. The van der Waals surface area contributed by atoms with Crippen LogP contribution in [0.4, 0.5) is 5.95 Å². The summed E-state index contributed by atoms with van der Waals surface area (Å²) in [6, 6.07) is 0.683. The lowest BCUT2D eigenvalue weighted by molar-refractivity contribution is 0.205. The van der Waals surface area contributed by atoms with E-state index in [9.17, 15) is 0 Å². The first-order chi connectivity index (χ1) is 8.70. The molecule has 18 heavy (non-hydrogen) atoms. The molecule has 0 unspecified atom stereocenters. The van der Waals surface area contributed by atoms with Gasteiger partial charge >= 0.3 is 0 Å². The summed E-state index contributed by atoms with van der Waals surface area (Å²) in [6.45, 7) is 5.69. The van der Waals surface area contributed by atoms with Gasteiger partial charge in [0.2, 0.25) is 5.95 Å². The van der Waals surface area contributed by atoms with Crippen LogP contribution in [0, 0.1) is 12.8 Å². The van der Waals surface area contributed by atoms with Gasteiger partial charge in [0.05, 0.1) is 5.69 Å². The summed E-state index contributed by atoms with van der Waals surface area (Å²) >= 11 is 0. The van der Waals surface area contributed by atoms with E-state index in [0.717, 1.165) is 24.1 Å². The normalized spacial score (nSPS) is 22.3. The fraction of sp³-hybridized carbons (Fsp3) is 0.786. The third kappa shape index (κ3) is 2.86. The number of hydrogen-bond donors (Lipinski definition) is 1. The average molecular weight is 248 g/mol. The summed E-state index contributed by atoms with van der Waals surface area (Å²) in [7, 11) is 2.22. The van der Waals surface area contributed by atoms with Gasteiger partial charge < -0.3 is 14.8 Å². The Morgan fingerprint density at radius 3 is 2.67 bits per heavy atom. The molecule has 0 radical (unpaired) electrons. The van der Waals surface area contributed by atoms with E-state index in [2.05, 4.69) is 39.9 Å². The van der Waals surface area contributed by atoms with Crippen LogP contribution in [0.15, 0.2) is 6.20 Å². The summed E-state index contributed by atoms with van der Waals surface area (Å²) < 4.78 is 2.34. The lowest BCUT2D eigenvalue weighted by Gasteiger charge is -2.29. The Hall–Kier alpha value is -1.03. The minimum absolute atomic E-state index is 0.683. The second-order valence-electron chi connectivity index (χ2n) is 6.02. The monoisotopic (exact) mass is 248 g/mol. The zero-order chi connectivity index (χ0) is 12.5. The molecule has 2 heterocycles. The number of likely N-dealkylation sites (tertiary alicyclic amines) is 1. The Balaban J connectivity index is 1.63. The predicted octanol–water partition coefficient (Wildman–Crippen LogP) is 2.11. The molecule has 1 aromatic heterocycles. The molecule has 1 saturated heterocycles. The Labute approximate surface area is 109 Å². The lowest BCUT2D eigenvalue weighted by Crippen LogP contribution is -2.32. The van der Waals surface area contributed by atoms with Gasteiger partial charge in [-0.1, -0.05) is 0 Å². The SMILES string of the molecule is Cc1cn(CC2CCN(C)CC2)c(NC2CC2)n1. The molecule has 1 saturated carbocycles. The van der Waals surface area contributed by atoms with E-state index in [-0.39, 0.29) is 0 Å². The molecular weight excluding hydrogens is 224 g/mol. The summed E-state index contributed by atoms with van der Waals surface area (Å²) in [6.07, 6.45) is 7.44. The van der Waals surface area contributed by atoms with Crippen molar-refractivity contribution in [1.29, 1.82) is 0 Å². The maximum absolute atomic E-state index is 4.61. The summed E-state index contributed by atoms with van der Waals surface area (Å²) in [5.74, 6) is 1.91. The van der Waals surface area contributed by atoms with Crippen molar-refractivity contribution >= 4 is 5.95 Å². The minimum atomic E-state index is 0.683. The number of aromatic nitrogens is 2. The molecule has 100 valence electrons. The number of aryl methyl sites for hydroxylation is 1. The number of nitrogens with one attached hydrogen (secondary N) is 1. The van der Waals surface area contributed by atoms with E-state index >= 15 is 0 Å². The van der Waals surface area contributed by atoms with Crippen molar-refractivity contribution < 1.29 is 0 Å². The van der Waals surface area contributed by atoms with Gasteiger partial charge in [-0.2, -0.15) is 0 Å². The largest absolute Gasteiger partial charge is 0.353 e. The van der Waals surface area contributed by atoms with Gasteiger partial charge in [-0.3, -0.25) is 0 Å². The lowest BCUT2D eigenvalue weighted by atomic mass is 9.97. The molecule has 1 aromatic rings. The molecule has 0 spiro atoms. The molecule has 4 nitrogen and oxygen atoms in total. The van der Waals surface area contributed by atoms with Crippen molar-refractivity contribution in [2.75, 3.05) is 25.5 Å². The van der Waals surface area contributed by atoms with E-state index in [0.29, 0.717) is 6.04 Å². The van der Waals surface area contributed by atoms with Crippen LogP contribution in [0.2, 0.25) is 0 Å². The molecule has 0 amide bonds. The van der Waals surface area contributed by atoms with E-state index in [4.69, 9.17) is 0 Å². The zero-order valence-corrected chi connectivity index (χ0v) is 11.5. The van der Waals surface area contributed by atoms with E-state index in [1.54, 1.807) is 0 Å². The van der Waals surface area contributed by atoms with Crippen molar-refractivity contribution in [3.05, 3.63) is 11.9 Å². The number of nitrogens with zero attached hydrogens (tertiary/aromatic N) is 3. The third-order valence-corrected chi connectivity index (χ3v) is 4.10. The second-order valence-corrected chi connectivity index (χ2v) is 6.02. The van der Waals surface area contributed by atoms with Crippen molar-refractivity contribution in [2.24, 2.45) is 5.92 Å². The minimum Gasteiger partial charge on any atom is -0.353 e. The Kier molecular flexibility index (Phi) is 3.29. The van der Waals surface area contributed by atoms with Crippen molar-refractivity contribution in [3.8, 4) is 0 Å². The first kappa shape index (κ1) is 12.0. The Bertz CT molecular complexity index is 400. The maximum Gasteiger partial charge on any atom is 0.203 e. The van der Waals surface area contributed by atoms with Crippen molar-refractivity contribution in [1.82, 2.24) is 14.5 Å². The topological polar surface area (TPSA) is 33.1 Å². The van der Waals surface area contributed by atoms with Gasteiger partial charge in [0.1, 0.15) is 0 Å². The van der Waals surface area contributed by atoms with Crippen LogP contribution in [0.5, 0.6) is 0 Å². The molecule has 1 aliphatic carbocycles. The molecular formula is C14H24N4.